The second kappa shape index (κ2) is 12.5. The minimum atomic E-state index is -3.93. The molecule has 0 unspecified atom stereocenters. The fourth-order valence-corrected chi connectivity index (χ4v) is 8.48. The average Bonchev–Trinajstić information content (AvgIpc) is 3.73. The molecule has 3 aliphatic rings. The van der Waals surface area contributed by atoms with Gasteiger partial charge in [0.2, 0.25) is 11.8 Å². The predicted molar refractivity (Wildman–Crippen MR) is 153 cm³/mol. The SMILES string of the molecule is COc1ccc(-c2ccc(S(=O)(=O)N[C@H]3CCCN(CC(=O)N4CCC[C@H]4CN4CCCC4)C3=O)s2)cc1OC. The largest absolute Gasteiger partial charge is 0.493 e. The molecule has 218 valence electrons. The Bertz CT molecular complexity index is 1320. The van der Waals surface area contributed by atoms with Gasteiger partial charge in [0.05, 0.1) is 20.8 Å². The number of hydrogen-bond donors (Lipinski definition) is 1. The van der Waals surface area contributed by atoms with Gasteiger partial charge >= 0.3 is 0 Å². The van der Waals surface area contributed by atoms with E-state index in [1.54, 1.807) is 38.5 Å². The van der Waals surface area contributed by atoms with Crippen LogP contribution in [0.25, 0.3) is 10.4 Å². The minimum absolute atomic E-state index is 0.00395. The lowest BCUT2D eigenvalue weighted by atomic mass is 10.1. The number of carbonyl (C=O) groups is 2. The molecular weight excluding hydrogens is 552 g/mol. The van der Waals surface area contributed by atoms with E-state index in [1.165, 1.54) is 17.7 Å². The van der Waals surface area contributed by atoms with Crippen molar-refractivity contribution in [2.75, 3.05) is 53.5 Å². The van der Waals surface area contributed by atoms with Crippen molar-refractivity contribution in [2.24, 2.45) is 0 Å². The van der Waals surface area contributed by atoms with Crippen molar-refractivity contribution in [3.63, 3.8) is 0 Å². The molecule has 0 bridgehead atoms. The van der Waals surface area contributed by atoms with Crippen LogP contribution in [0.5, 0.6) is 11.5 Å². The van der Waals surface area contributed by atoms with E-state index in [0.717, 1.165) is 60.8 Å². The van der Waals surface area contributed by atoms with Crippen LogP contribution in [0.3, 0.4) is 0 Å². The number of nitrogens with one attached hydrogen (secondary N) is 1. The summed E-state index contributed by atoms with van der Waals surface area (Å²) in [6.45, 7) is 4.24. The molecule has 2 amide bonds. The molecule has 0 spiro atoms. The van der Waals surface area contributed by atoms with Crippen molar-refractivity contribution in [1.29, 1.82) is 0 Å². The highest BCUT2D eigenvalue weighted by Crippen LogP contribution is 2.36. The van der Waals surface area contributed by atoms with Crippen LogP contribution in [0.15, 0.2) is 34.5 Å². The van der Waals surface area contributed by atoms with Gasteiger partial charge in [-0.05, 0) is 87.5 Å². The van der Waals surface area contributed by atoms with Gasteiger partial charge in [-0.15, -0.1) is 11.3 Å². The molecule has 1 aromatic carbocycles. The van der Waals surface area contributed by atoms with Crippen LogP contribution in [0.1, 0.15) is 38.5 Å². The number of methoxy groups -OCH3 is 2. The van der Waals surface area contributed by atoms with Gasteiger partial charge in [0, 0.05) is 30.6 Å². The molecular formula is C28H38N4O6S2. The van der Waals surface area contributed by atoms with Gasteiger partial charge in [0.1, 0.15) is 10.3 Å². The summed E-state index contributed by atoms with van der Waals surface area (Å²) in [4.78, 5) is 33.2. The second-order valence-electron chi connectivity index (χ2n) is 10.7. The van der Waals surface area contributed by atoms with Crippen molar-refractivity contribution in [3.05, 3.63) is 30.3 Å². The van der Waals surface area contributed by atoms with E-state index < -0.39 is 16.1 Å². The van der Waals surface area contributed by atoms with Gasteiger partial charge in [0.25, 0.3) is 10.0 Å². The Morgan fingerprint density at radius 1 is 0.975 bits per heavy atom. The summed E-state index contributed by atoms with van der Waals surface area (Å²) in [6, 6.07) is 7.99. The summed E-state index contributed by atoms with van der Waals surface area (Å²) in [5.74, 6) is 0.754. The Balaban J connectivity index is 1.22. The van der Waals surface area contributed by atoms with E-state index in [1.807, 2.05) is 11.0 Å². The lowest BCUT2D eigenvalue weighted by Crippen LogP contribution is -2.55. The highest BCUT2D eigenvalue weighted by molar-refractivity contribution is 7.91. The van der Waals surface area contributed by atoms with Crippen LogP contribution >= 0.6 is 11.3 Å². The van der Waals surface area contributed by atoms with Gasteiger partial charge in [-0.2, -0.15) is 4.72 Å². The van der Waals surface area contributed by atoms with E-state index in [9.17, 15) is 18.0 Å². The maximum absolute atomic E-state index is 13.3. The number of hydrogen-bond acceptors (Lipinski definition) is 8. The molecule has 3 fully saturated rings. The number of sulfonamides is 1. The molecule has 12 heteroatoms. The zero-order valence-corrected chi connectivity index (χ0v) is 24.8. The second-order valence-corrected chi connectivity index (χ2v) is 13.7. The predicted octanol–water partition coefficient (Wildman–Crippen LogP) is 2.79. The van der Waals surface area contributed by atoms with Crippen molar-refractivity contribution in [3.8, 4) is 21.9 Å². The topological polar surface area (TPSA) is 108 Å². The quantitative estimate of drug-likeness (QED) is 0.453. The Hall–Kier alpha value is -2.67. The number of nitrogens with zero attached hydrogens (tertiary/aromatic N) is 3. The van der Waals surface area contributed by atoms with Crippen LogP contribution in [0, 0.1) is 0 Å². The molecule has 0 saturated carbocycles. The van der Waals surface area contributed by atoms with Crippen molar-refractivity contribution >= 4 is 33.2 Å². The molecule has 0 radical (unpaired) electrons. The number of rotatable bonds is 10. The van der Waals surface area contributed by atoms with E-state index in [0.29, 0.717) is 30.9 Å². The molecule has 5 rings (SSSR count). The molecule has 1 N–H and O–H groups in total. The number of likely N-dealkylation sites (tertiary alicyclic amines) is 3. The van der Waals surface area contributed by atoms with Crippen molar-refractivity contribution in [2.45, 2.75) is 54.8 Å². The van der Waals surface area contributed by atoms with Gasteiger partial charge in [-0.3, -0.25) is 9.59 Å². The Morgan fingerprint density at radius 2 is 1.73 bits per heavy atom. The molecule has 2 aromatic rings. The summed E-state index contributed by atoms with van der Waals surface area (Å²) in [5.41, 5.74) is 0.799. The number of thiophene rings is 1. The summed E-state index contributed by atoms with van der Waals surface area (Å²) in [6.07, 6.45) is 5.42. The molecule has 4 heterocycles. The maximum Gasteiger partial charge on any atom is 0.250 e. The van der Waals surface area contributed by atoms with Gasteiger partial charge in [0.15, 0.2) is 11.5 Å². The first-order chi connectivity index (χ1) is 19.3. The van der Waals surface area contributed by atoms with Crippen molar-refractivity contribution < 1.29 is 27.5 Å². The van der Waals surface area contributed by atoms with Gasteiger partial charge < -0.3 is 24.2 Å². The fraction of sp³-hybridized carbons (Fsp3) is 0.571. The van der Waals surface area contributed by atoms with Crippen LogP contribution < -0.4 is 14.2 Å². The number of benzene rings is 1. The molecule has 3 aliphatic heterocycles. The molecule has 10 nitrogen and oxygen atoms in total. The zero-order valence-electron chi connectivity index (χ0n) is 23.1. The first-order valence-electron chi connectivity index (χ1n) is 13.9. The van der Waals surface area contributed by atoms with Gasteiger partial charge in [-0.25, -0.2) is 8.42 Å². The Morgan fingerprint density at radius 3 is 2.48 bits per heavy atom. The maximum atomic E-state index is 13.3. The van der Waals surface area contributed by atoms with Crippen LogP contribution in [0.2, 0.25) is 0 Å². The third kappa shape index (κ3) is 6.29. The smallest absolute Gasteiger partial charge is 0.250 e. The minimum Gasteiger partial charge on any atom is -0.493 e. The number of piperidine rings is 1. The van der Waals surface area contributed by atoms with Crippen LogP contribution in [-0.4, -0.2) is 101 Å². The standard InChI is InChI=1S/C28H38N4O6S2/c1-37-23-10-9-20(17-24(23)38-2)25-11-12-27(39-25)40(35,36)29-22-8-6-15-31(28(22)34)19-26(33)32-16-5-7-21(32)18-30-13-3-4-14-30/h9-12,17,21-22,29H,3-8,13-16,18-19H2,1-2H3/t21-,22-/m0/s1. The van der Waals surface area contributed by atoms with Crippen molar-refractivity contribution in [1.82, 2.24) is 19.4 Å². The third-order valence-corrected chi connectivity index (χ3v) is 11.1. The fourth-order valence-electron chi connectivity index (χ4n) is 5.93. The molecule has 0 aliphatic carbocycles. The number of amides is 2. The monoisotopic (exact) mass is 590 g/mol. The Labute approximate surface area is 240 Å². The molecule has 40 heavy (non-hydrogen) atoms. The third-order valence-electron chi connectivity index (χ3n) is 8.03. The highest BCUT2D eigenvalue weighted by Gasteiger charge is 2.36. The number of carbonyl (C=O) groups excluding carboxylic acids is 2. The Kier molecular flexibility index (Phi) is 8.98. The first-order valence-corrected chi connectivity index (χ1v) is 16.2. The van der Waals surface area contributed by atoms with Crippen LogP contribution in [-0.2, 0) is 19.6 Å². The molecule has 3 saturated heterocycles. The van der Waals surface area contributed by atoms with E-state index >= 15 is 0 Å². The summed E-state index contributed by atoms with van der Waals surface area (Å²) in [5, 5.41) is 0. The average molecular weight is 591 g/mol. The normalized spacial score (nSPS) is 22.2. The summed E-state index contributed by atoms with van der Waals surface area (Å²) >= 11 is 1.12. The lowest BCUT2D eigenvalue weighted by molar-refractivity contribution is -0.143. The van der Waals surface area contributed by atoms with E-state index in [4.69, 9.17) is 9.47 Å². The zero-order chi connectivity index (χ0) is 28.3. The number of ether oxygens (including phenoxy) is 2. The summed E-state index contributed by atoms with van der Waals surface area (Å²) in [7, 11) is -0.830. The highest BCUT2D eigenvalue weighted by atomic mass is 32.2. The first kappa shape index (κ1) is 28.8. The van der Waals surface area contributed by atoms with E-state index in [-0.39, 0.29) is 28.6 Å². The molecule has 1 aromatic heterocycles. The lowest BCUT2D eigenvalue weighted by Gasteiger charge is -2.34. The van der Waals surface area contributed by atoms with E-state index in [2.05, 4.69) is 9.62 Å². The summed E-state index contributed by atoms with van der Waals surface area (Å²) < 4.78 is 39.9. The van der Waals surface area contributed by atoms with Gasteiger partial charge in [-0.1, -0.05) is 0 Å². The molecule has 2 atom stereocenters. The van der Waals surface area contributed by atoms with Crippen LogP contribution in [0.4, 0.5) is 0 Å².